The number of rotatable bonds is 40. The third-order valence-corrected chi connectivity index (χ3v) is 9.84. The Hall–Kier alpha value is -3.23. The van der Waals surface area contributed by atoms with Crippen molar-refractivity contribution in [1.82, 2.24) is 0 Å². The molecule has 332 valence electrons. The number of hydrogen-bond donors (Lipinski definition) is 1. The van der Waals surface area contributed by atoms with Gasteiger partial charge in [-0.2, -0.15) is 0 Å². The van der Waals surface area contributed by atoms with E-state index in [0.29, 0.717) is 19.3 Å². The predicted octanol–water partition coefficient (Wildman–Crippen LogP) is 12.7. The average molecular weight is 813 g/mol. The molecule has 0 aromatic rings. The summed E-state index contributed by atoms with van der Waals surface area (Å²) in [5.41, 5.74) is 0. The molecule has 0 aromatic carbocycles. The van der Waals surface area contributed by atoms with Gasteiger partial charge in [0.15, 0.2) is 12.1 Å². The monoisotopic (exact) mass is 813 g/mol. The van der Waals surface area contributed by atoms with E-state index < -0.39 is 18.1 Å². The van der Waals surface area contributed by atoms with E-state index in [2.05, 4.69) is 86.8 Å². The van der Waals surface area contributed by atoms with Crippen molar-refractivity contribution >= 4 is 17.9 Å². The Morgan fingerprint density at radius 2 is 0.966 bits per heavy atom. The van der Waals surface area contributed by atoms with Gasteiger partial charge in [-0.15, -0.1) is 0 Å². The van der Waals surface area contributed by atoms with Crippen molar-refractivity contribution in [3.05, 3.63) is 72.9 Å². The zero-order chi connectivity index (χ0) is 42.8. The number of carboxylic acids is 1. The second-order valence-corrected chi connectivity index (χ2v) is 16.3. The lowest BCUT2D eigenvalue weighted by atomic mass is 10.1. The van der Waals surface area contributed by atoms with Gasteiger partial charge >= 0.3 is 17.9 Å². The second-order valence-electron chi connectivity index (χ2n) is 16.3. The van der Waals surface area contributed by atoms with E-state index in [9.17, 15) is 19.5 Å². The first-order valence-corrected chi connectivity index (χ1v) is 23.0. The van der Waals surface area contributed by atoms with Crippen molar-refractivity contribution in [2.45, 2.75) is 187 Å². The highest BCUT2D eigenvalue weighted by Gasteiger charge is 2.31. The Bertz CT molecular complexity index is 1180. The molecule has 0 aromatic heterocycles. The minimum Gasteiger partial charge on any atom is -0.477 e. The molecule has 0 radical (unpaired) electrons. The minimum absolute atomic E-state index is 0.0433. The lowest BCUT2D eigenvalue weighted by Gasteiger charge is -2.31. The van der Waals surface area contributed by atoms with Gasteiger partial charge in [0.2, 0.25) is 0 Å². The number of carboxylic acid groups (broad SMARTS) is 1. The van der Waals surface area contributed by atoms with Crippen LogP contribution in [0.5, 0.6) is 0 Å². The number of quaternary nitrogens is 1. The Morgan fingerprint density at radius 1 is 0.534 bits per heavy atom. The molecule has 0 heterocycles. The van der Waals surface area contributed by atoms with E-state index in [-0.39, 0.29) is 36.2 Å². The molecule has 0 spiro atoms. The third-order valence-electron chi connectivity index (χ3n) is 9.84. The number of aliphatic carboxylic acids is 1. The zero-order valence-electron chi connectivity index (χ0n) is 37.7. The van der Waals surface area contributed by atoms with Crippen molar-refractivity contribution in [3.8, 4) is 0 Å². The third kappa shape index (κ3) is 38.3. The van der Waals surface area contributed by atoms with Crippen molar-refractivity contribution < 1.29 is 38.2 Å². The maximum Gasteiger partial charge on any atom is 0.362 e. The summed E-state index contributed by atoms with van der Waals surface area (Å²) in [6.07, 6.45) is 51.0. The van der Waals surface area contributed by atoms with Crippen LogP contribution in [0, 0.1) is 0 Å². The molecule has 0 rings (SSSR count). The Balaban J connectivity index is 4.32. The van der Waals surface area contributed by atoms with Crippen LogP contribution in [0.4, 0.5) is 0 Å². The molecule has 0 bridgehead atoms. The largest absolute Gasteiger partial charge is 0.477 e. The predicted molar refractivity (Wildman–Crippen MR) is 243 cm³/mol. The van der Waals surface area contributed by atoms with Crippen LogP contribution in [-0.2, 0) is 28.6 Å². The van der Waals surface area contributed by atoms with E-state index in [0.717, 1.165) is 77.0 Å². The standard InChI is InChI=1S/C50H85NO7/c1-6-8-10-12-14-16-18-20-21-22-23-24-25-26-27-28-29-31-33-35-37-39-41-49(53)58-46(44-56-43-42-47(50(54)55)51(3,4)5)45-57-48(52)40-38-36-34-32-30-19-17-15-13-11-9-7-2/h9,11,14-17,20-21,23-24,30,32,46-47H,6-8,10,12-13,18-19,22,25-29,31,33-45H2,1-5H3/p+1/b11-9+,16-14+,17-15+,21-20+,24-23+,32-30+. The number of carbonyl (C=O) groups excluding carboxylic acids is 2. The van der Waals surface area contributed by atoms with Crippen LogP contribution in [0.3, 0.4) is 0 Å². The number of nitrogens with zero attached hydrogens (tertiary/aromatic N) is 1. The first kappa shape index (κ1) is 54.8. The molecule has 8 nitrogen and oxygen atoms in total. The number of allylic oxidation sites excluding steroid dienone is 12. The Kier molecular flexibility index (Phi) is 38.3. The molecular weight excluding hydrogens is 727 g/mol. The SMILES string of the molecule is CC/C=C/C/C=C/C/C=C/CCCCC(=O)OCC(COCCC(C(=O)O)[N+](C)(C)C)OC(=O)CCCCCCCCCCC/C=C/C/C=C/C/C=C/CCCCC. The summed E-state index contributed by atoms with van der Waals surface area (Å²) in [5.74, 6) is -1.53. The Morgan fingerprint density at radius 3 is 1.47 bits per heavy atom. The summed E-state index contributed by atoms with van der Waals surface area (Å²) < 4.78 is 17.2. The number of likely N-dealkylation sites (N-methyl/N-ethyl adjacent to an activating group) is 1. The van der Waals surface area contributed by atoms with Crippen molar-refractivity contribution in [1.29, 1.82) is 0 Å². The zero-order valence-corrected chi connectivity index (χ0v) is 37.7. The first-order chi connectivity index (χ1) is 28.1. The maximum absolute atomic E-state index is 12.7. The lowest BCUT2D eigenvalue weighted by Crippen LogP contribution is -2.50. The quantitative estimate of drug-likeness (QED) is 0.0285. The van der Waals surface area contributed by atoms with Gasteiger partial charge in [0.1, 0.15) is 6.61 Å². The highest BCUT2D eigenvalue weighted by atomic mass is 16.6. The van der Waals surface area contributed by atoms with Crippen LogP contribution in [0.2, 0.25) is 0 Å². The molecular formula is C50H86NO7+. The van der Waals surface area contributed by atoms with Gasteiger partial charge in [0.25, 0.3) is 0 Å². The van der Waals surface area contributed by atoms with Crippen LogP contribution < -0.4 is 0 Å². The summed E-state index contributed by atoms with van der Waals surface area (Å²) in [5, 5.41) is 9.62. The molecule has 0 aliphatic carbocycles. The van der Waals surface area contributed by atoms with Gasteiger partial charge in [-0.1, -0.05) is 145 Å². The molecule has 8 heteroatoms. The van der Waals surface area contributed by atoms with E-state index in [1.54, 1.807) is 0 Å². The van der Waals surface area contributed by atoms with Crippen LogP contribution >= 0.6 is 0 Å². The van der Waals surface area contributed by atoms with Crippen molar-refractivity contribution in [3.63, 3.8) is 0 Å². The smallest absolute Gasteiger partial charge is 0.362 e. The van der Waals surface area contributed by atoms with Crippen molar-refractivity contribution in [2.24, 2.45) is 0 Å². The molecule has 0 fully saturated rings. The van der Waals surface area contributed by atoms with Gasteiger partial charge in [-0.05, 0) is 83.5 Å². The number of unbranched alkanes of at least 4 members (excludes halogenated alkanes) is 14. The topological polar surface area (TPSA) is 99.1 Å². The van der Waals surface area contributed by atoms with Crippen LogP contribution in [0.15, 0.2) is 72.9 Å². The maximum atomic E-state index is 12.7. The van der Waals surface area contributed by atoms with Crippen LogP contribution in [-0.4, -0.2) is 80.6 Å². The summed E-state index contributed by atoms with van der Waals surface area (Å²) in [6.45, 7) is 4.53. The molecule has 0 aliphatic rings. The lowest BCUT2D eigenvalue weighted by molar-refractivity contribution is -0.887. The number of ether oxygens (including phenoxy) is 3. The van der Waals surface area contributed by atoms with Gasteiger partial charge < -0.3 is 23.8 Å². The van der Waals surface area contributed by atoms with Crippen molar-refractivity contribution in [2.75, 3.05) is 41.0 Å². The molecule has 0 saturated carbocycles. The molecule has 58 heavy (non-hydrogen) atoms. The van der Waals surface area contributed by atoms with Gasteiger partial charge in [0, 0.05) is 19.3 Å². The van der Waals surface area contributed by atoms with Gasteiger partial charge in [-0.3, -0.25) is 9.59 Å². The fraction of sp³-hybridized carbons (Fsp3) is 0.700. The highest BCUT2D eigenvalue weighted by molar-refractivity contribution is 5.72. The number of hydrogen-bond acceptors (Lipinski definition) is 6. The highest BCUT2D eigenvalue weighted by Crippen LogP contribution is 2.14. The molecule has 0 saturated heterocycles. The molecule has 2 atom stereocenters. The summed E-state index contributed by atoms with van der Waals surface area (Å²) >= 11 is 0. The summed E-state index contributed by atoms with van der Waals surface area (Å²) in [6, 6.07) is -0.624. The van der Waals surface area contributed by atoms with E-state index >= 15 is 0 Å². The second kappa shape index (κ2) is 40.5. The van der Waals surface area contributed by atoms with E-state index in [4.69, 9.17) is 14.2 Å². The fourth-order valence-electron chi connectivity index (χ4n) is 6.29. The normalized spacial score (nSPS) is 13.6. The average Bonchev–Trinajstić information content (AvgIpc) is 3.18. The van der Waals surface area contributed by atoms with Gasteiger partial charge in [0.05, 0.1) is 34.4 Å². The fourth-order valence-corrected chi connectivity index (χ4v) is 6.29. The van der Waals surface area contributed by atoms with Crippen LogP contribution in [0.1, 0.15) is 174 Å². The summed E-state index contributed by atoms with van der Waals surface area (Å²) in [7, 11) is 5.51. The molecule has 2 unspecified atom stereocenters. The Labute approximate surface area is 355 Å². The molecule has 1 N–H and O–H groups in total. The van der Waals surface area contributed by atoms with E-state index in [1.165, 1.54) is 64.2 Å². The van der Waals surface area contributed by atoms with Crippen LogP contribution in [0.25, 0.3) is 0 Å². The van der Waals surface area contributed by atoms with Gasteiger partial charge in [-0.25, -0.2) is 4.79 Å². The number of esters is 2. The molecule has 0 aliphatic heterocycles. The first-order valence-electron chi connectivity index (χ1n) is 23.0. The molecule has 0 amide bonds. The minimum atomic E-state index is -0.884. The van der Waals surface area contributed by atoms with E-state index in [1.807, 2.05) is 21.1 Å². The number of carbonyl (C=O) groups is 3. The summed E-state index contributed by atoms with van der Waals surface area (Å²) in [4.78, 5) is 37.0.